The van der Waals surface area contributed by atoms with Crippen molar-refractivity contribution in [3.63, 3.8) is 0 Å². The van der Waals surface area contributed by atoms with E-state index in [2.05, 4.69) is 5.32 Å². The fraction of sp³-hybridized carbons (Fsp3) is 0.833. The van der Waals surface area contributed by atoms with Crippen molar-refractivity contribution in [1.29, 1.82) is 0 Å². The number of carbonyl (C=O) groups excluding carboxylic acids is 2. The molecule has 1 aliphatic heterocycles. The SMILES string of the molecule is CC(=O)N1CCN(C(=O)CNCC2CC2)CC1.Cl. The first kappa shape index (κ1) is 15.2. The maximum atomic E-state index is 11.8. The van der Waals surface area contributed by atoms with Gasteiger partial charge in [0.1, 0.15) is 0 Å². The number of hydrogen-bond acceptors (Lipinski definition) is 3. The Morgan fingerprint density at radius 3 is 2.17 bits per heavy atom. The summed E-state index contributed by atoms with van der Waals surface area (Å²) in [6.45, 7) is 5.67. The van der Waals surface area contributed by atoms with Crippen LogP contribution in [-0.2, 0) is 9.59 Å². The number of halogens is 1. The smallest absolute Gasteiger partial charge is 0.236 e. The Morgan fingerprint density at radius 1 is 1.11 bits per heavy atom. The van der Waals surface area contributed by atoms with Crippen molar-refractivity contribution in [3.05, 3.63) is 0 Å². The second-order valence-corrected chi connectivity index (χ2v) is 4.96. The summed E-state index contributed by atoms with van der Waals surface area (Å²) in [4.78, 5) is 26.6. The van der Waals surface area contributed by atoms with E-state index in [0.717, 1.165) is 12.5 Å². The fourth-order valence-electron chi connectivity index (χ4n) is 2.09. The number of rotatable bonds is 4. The first-order chi connectivity index (χ1) is 8.16. The van der Waals surface area contributed by atoms with Crippen LogP contribution in [0.5, 0.6) is 0 Å². The average molecular weight is 276 g/mol. The minimum Gasteiger partial charge on any atom is -0.339 e. The number of nitrogens with zero attached hydrogens (tertiary/aromatic N) is 2. The van der Waals surface area contributed by atoms with Crippen LogP contribution in [0.4, 0.5) is 0 Å². The lowest BCUT2D eigenvalue weighted by Crippen LogP contribution is -2.51. The molecular formula is C12H22ClN3O2. The number of piperazine rings is 1. The van der Waals surface area contributed by atoms with Crippen LogP contribution in [0.2, 0.25) is 0 Å². The molecule has 0 atom stereocenters. The number of hydrogen-bond donors (Lipinski definition) is 1. The molecule has 1 heterocycles. The van der Waals surface area contributed by atoms with Gasteiger partial charge in [-0.15, -0.1) is 12.4 Å². The van der Waals surface area contributed by atoms with Crippen LogP contribution in [0.1, 0.15) is 19.8 Å². The summed E-state index contributed by atoms with van der Waals surface area (Å²) in [5, 5.41) is 3.21. The Hall–Kier alpha value is -0.810. The van der Waals surface area contributed by atoms with E-state index in [9.17, 15) is 9.59 Å². The molecule has 0 radical (unpaired) electrons. The zero-order chi connectivity index (χ0) is 12.3. The highest BCUT2D eigenvalue weighted by Gasteiger charge is 2.23. The Labute approximate surface area is 114 Å². The molecule has 1 saturated carbocycles. The highest BCUT2D eigenvalue weighted by Crippen LogP contribution is 2.27. The Bertz CT molecular complexity index is 300. The van der Waals surface area contributed by atoms with E-state index in [1.807, 2.05) is 4.90 Å². The highest BCUT2D eigenvalue weighted by atomic mass is 35.5. The van der Waals surface area contributed by atoms with Crippen molar-refractivity contribution >= 4 is 24.2 Å². The van der Waals surface area contributed by atoms with Gasteiger partial charge in [-0.1, -0.05) is 0 Å². The quantitative estimate of drug-likeness (QED) is 0.792. The maximum absolute atomic E-state index is 11.8. The Balaban J connectivity index is 0.00000162. The maximum Gasteiger partial charge on any atom is 0.236 e. The minimum absolute atomic E-state index is 0. The predicted molar refractivity (Wildman–Crippen MR) is 71.7 cm³/mol. The number of amides is 2. The first-order valence-corrected chi connectivity index (χ1v) is 6.41. The third kappa shape index (κ3) is 4.46. The second kappa shape index (κ2) is 6.95. The first-order valence-electron chi connectivity index (χ1n) is 6.41. The van der Waals surface area contributed by atoms with Crippen molar-refractivity contribution in [2.75, 3.05) is 39.3 Å². The van der Waals surface area contributed by atoms with Crippen LogP contribution in [-0.4, -0.2) is 60.9 Å². The van der Waals surface area contributed by atoms with Gasteiger partial charge in [0.15, 0.2) is 0 Å². The molecule has 2 rings (SSSR count). The number of carbonyl (C=O) groups is 2. The van der Waals surface area contributed by atoms with E-state index in [4.69, 9.17) is 0 Å². The summed E-state index contributed by atoms with van der Waals surface area (Å²) in [5.74, 6) is 1.06. The lowest BCUT2D eigenvalue weighted by Gasteiger charge is -2.34. The molecule has 0 aromatic rings. The van der Waals surface area contributed by atoms with Crippen LogP contribution in [0.15, 0.2) is 0 Å². The zero-order valence-corrected chi connectivity index (χ0v) is 11.7. The lowest BCUT2D eigenvalue weighted by atomic mass is 10.3. The topological polar surface area (TPSA) is 52.7 Å². The molecule has 0 unspecified atom stereocenters. The summed E-state index contributed by atoms with van der Waals surface area (Å²) in [6, 6.07) is 0. The summed E-state index contributed by atoms with van der Waals surface area (Å²) in [7, 11) is 0. The largest absolute Gasteiger partial charge is 0.339 e. The molecule has 0 spiro atoms. The van der Waals surface area contributed by atoms with E-state index >= 15 is 0 Å². The van der Waals surface area contributed by atoms with Crippen LogP contribution >= 0.6 is 12.4 Å². The normalized spacial score (nSPS) is 19.4. The van der Waals surface area contributed by atoms with Gasteiger partial charge in [0.05, 0.1) is 6.54 Å². The van der Waals surface area contributed by atoms with Crippen molar-refractivity contribution < 1.29 is 9.59 Å². The van der Waals surface area contributed by atoms with Crippen molar-refractivity contribution in [2.24, 2.45) is 5.92 Å². The average Bonchev–Trinajstić information content (AvgIpc) is 3.13. The van der Waals surface area contributed by atoms with Gasteiger partial charge >= 0.3 is 0 Å². The van der Waals surface area contributed by atoms with Gasteiger partial charge in [-0.3, -0.25) is 9.59 Å². The van der Waals surface area contributed by atoms with E-state index < -0.39 is 0 Å². The summed E-state index contributed by atoms with van der Waals surface area (Å²) >= 11 is 0. The van der Waals surface area contributed by atoms with E-state index in [0.29, 0.717) is 32.7 Å². The van der Waals surface area contributed by atoms with Crippen molar-refractivity contribution in [2.45, 2.75) is 19.8 Å². The molecule has 1 aliphatic carbocycles. The highest BCUT2D eigenvalue weighted by molar-refractivity contribution is 5.85. The van der Waals surface area contributed by atoms with E-state index in [1.54, 1.807) is 11.8 Å². The van der Waals surface area contributed by atoms with Gasteiger partial charge in [0, 0.05) is 33.1 Å². The number of nitrogens with one attached hydrogen (secondary N) is 1. The van der Waals surface area contributed by atoms with Crippen LogP contribution < -0.4 is 5.32 Å². The molecule has 5 nitrogen and oxygen atoms in total. The van der Waals surface area contributed by atoms with Crippen LogP contribution in [0, 0.1) is 5.92 Å². The molecule has 1 N–H and O–H groups in total. The van der Waals surface area contributed by atoms with Gasteiger partial charge < -0.3 is 15.1 Å². The molecule has 0 aromatic heterocycles. The van der Waals surface area contributed by atoms with E-state index in [1.165, 1.54) is 12.8 Å². The van der Waals surface area contributed by atoms with Crippen molar-refractivity contribution in [1.82, 2.24) is 15.1 Å². The summed E-state index contributed by atoms with van der Waals surface area (Å²) in [5.41, 5.74) is 0. The summed E-state index contributed by atoms with van der Waals surface area (Å²) < 4.78 is 0. The molecule has 0 bridgehead atoms. The summed E-state index contributed by atoms with van der Waals surface area (Å²) in [6.07, 6.45) is 2.61. The molecule has 18 heavy (non-hydrogen) atoms. The molecule has 6 heteroatoms. The van der Waals surface area contributed by atoms with Crippen molar-refractivity contribution in [3.8, 4) is 0 Å². The zero-order valence-electron chi connectivity index (χ0n) is 10.9. The standard InChI is InChI=1S/C12H21N3O2.ClH/c1-10(16)14-4-6-15(7-5-14)12(17)9-13-8-11-2-3-11;/h11,13H,2-9H2,1H3;1H. The molecular weight excluding hydrogens is 254 g/mol. The molecule has 0 aromatic carbocycles. The molecule has 1 saturated heterocycles. The third-order valence-corrected chi connectivity index (χ3v) is 3.48. The van der Waals surface area contributed by atoms with Gasteiger partial charge in [0.2, 0.25) is 11.8 Å². The van der Waals surface area contributed by atoms with E-state index in [-0.39, 0.29) is 24.2 Å². The Kier molecular flexibility index (Phi) is 5.88. The molecule has 2 fully saturated rings. The second-order valence-electron chi connectivity index (χ2n) is 4.96. The minimum atomic E-state index is 0. The lowest BCUT2D eigenvalue weighted by molar-refractivity contribution is -0.137. The Morgan fingerprint density at radius 2 is 1.67 bits per heavy atom. The molecule has 104 valence electrons. The third-order valence-electron chi connectivity index (χ3n) is 3.48. The van der Waals surface area contributed by atoms with Gasteiger partial charge in [0.25, 0.3) is 0 Å². The fourth-order valence-corrected chi connectivity index (χ4v) is 2.09. The van der Waals surface area contributed by atoms with Gasteiger partial charge in [-0.05, 0) is 25.3 Å². The van der Waals surface area contributed by atoms with Crippen LogP contribution in [0.3, 0.4) is 0 Å². The monoisotopic (exact) mass is 275 g/mol. The van der Waals surface area contributed by atoms with Gasteiger partial charge in [-0.2, -0.15) is 0 Å². The van der Waals surface area contributed by atoms with Crippen LogP contribution in [0.25, 0.3) is 0 Å². The van der Waals surface area contributed by atoms with Gasteiger partial charge in [-0.25, -0.2) is 0 Å². The molecule has 2 amide bonds. The molecule has 2 aliphatic rings. The predicted octanol–water partition coefficient (Wildman–Crippen LogP) is 0.0985.